The third-order valence-electron chi connectivity index (χ3n) is 3.82. The maximum absolute atomic E-state index is 11.8. The fourth-order valence-corrected chi connectivity index (χ4v) is 3.71. The number of aryl methyl sites for hydroxylation is 2. The smallest absolute Gasteiger partial charge is 0.264 e. The lowest BCUT2D eigenvalue weighted by Gasteiger charge is -2.11. The number of thioether (sulfide) groups is 1. The van der Waals surface area contributed by atoms with Gasteiger partial charge in [0, 0.05) is 20.6 Å². The second-order valence-corrected chi connectivity index (χ2v) is 7.70. The Morgan fingerprint density at radius 3 is 2.61 bits per heavy atom. The van der Waals surface area contributed by atoms with E-state index >= 15 is 0 Å². The molecule has 1 aromatic carbocycles. The van der Waals surface area contributed by atoms with Gasteiger partial charge in [-0.05, 0) is 96.6 Å². The van der Waals surface area contributed by atoms with Crippen LogP contribution in [0.3, 0.4) is 0 Å². The standard InChI is InChI=1S/C17H16IN3OS/c1-9-6-13(4-5-14(9)18)21-10(2)7-12(11(21)3)8-15-16(22)20-17(19)23-15/h4-8H,1-3H3,(H2,19,20,22)/b15-8+. The normalized spacial score (nSPS) is 16.3. The molecule has 1 aliphatic heterocycles. The van der Waals surface area contributed by atoms with E-state index in [0.29, 0.717) is 4.91 Å². The van der Waals surface area contributed by atoms with Crippen LogP contribution in [-0.4, -0.2) is 15.6 Å². The van der Waals surface area contributed by atoms with Crippen LogP contribution in [0.2, 0.25) is 0 Å². The van der Waals surface area contributed by atoms with Crippen LogP contribution in [0, 0.1) is 29.8 Å². The number of amidine groups is 1. The van der Waals surface area contributed by atoms with Crippen molar-refractivity contribution >= 4 is 51.5 Å². The largest absolute Gasteiger partial charge is 0.318 e. The number of halogens is 1. The Balaban J connectivity index is 2.06. The third-order valence-corrected chi connectivity index (χ3v) is 5.86. The molecule has 4 nitrogen and oxygen atoms in total. The third kappa shape index (κ3) is 3.10. The Morgan fingerprint density at radius 2 is 2.00 bits per heavy atom. The van der Waals surface area contributed by atoms with E-state index in [2.05, 4.69) is 77.5 Å². The molecule has 1 aromatic heterocycles. The fraction of sp³-hybridized carbons (Fsp3) is 0.176. The van der Waals surface area contributed by atoms with Crippen LogP contribution >= 0.6 is 34.4 Å². The number of nitrogens with one attached hydrogen (secondary N) is 2. The number of hydrogen-bond donors (Lipinski definition) is 2. The summed E-state index contributed by atoms with van der Waals surface area (Å²) in [6.45, 7) is 6.22. The summed E-state index contributed by atoms with van der Waals surface area (Å²) < 4.78 is 3.44. The van der Waals surface area contributed by atoms with Crippen molar-refractivity contribution in [1.29, 1.82) is 5.41 Å². The van der Waals surface area contributed by atoms with Gasteiger partial charge in [-0.2, -0.15) is 0 Å². The summed E-state index contributed by atoms with van der Waals surface area (Å²) in [6, 6.07) is 8.47. The molecule has 23 heavy (non-hydrogen) atoms. The minimum Gasteiger partial charge on any atom is -0.318 e. The lowest BCUT2D eigenvalue weighted by atomic mass is 10.2. The van der Waals surface area contributed by atoms with Gasteiger partial charge < -0.3 is 9.88 Å². The molecule has 0 saturated carbocycles. The van der Waals surface area contributed by atoms with Gasteiger partial charge in [-0.1, -0.05) is 0 Å². The van der Waals surface area contributed by atoms with E-state index in [4.69, 9.17) is 5.41 Å². The van der Waals surface area contributed by atoms with Crippen molar-refractivity contribution in [2.24, 2.45) is 0 Å². The van der Waals surface area contributed by atoms with Crippen LogP contribution in [0.15, 0.2) is 29.2 Å². The van der Waals surface area contributed by atoms with Gasteiger partial charge in [0.15, 0.2) is 5.17 Å². The van der Waals surface area contributed by atoms with Crippen molar-refractivity contribution in [3.05, 3.63) is 55.3 Å². The van der Waals surface area contributed by atoms with Crippen LogP contribution in [0.1, 0.15) is 22.5 Å². The van der Waals surface area contributed by atoms with Crippen LogP contribution in [-0.2, 0) is 4.79 Å². The van der Waals surface area contributed by atoms with Crippen LogP contribution < -0.4 is 5.32 Å². The molecule has 0 unspecified atom stereocenters. The number of benzene rings is 1. The number of carbonyl (C=O) groups excluding carboxylic acids is 1. The average Bonchev–Trinajstić information content (AvgIpc) is 2.93. The molecule has 0 radical (unpaired) electrons. The number of aromatic nitrogens is 1. The predicted molar refractivity (Wildman–Crippen MR) is 104 cm³/mol. The monoisotopic (exact) mass is 437 g/mol. The van der Waals surface area contributed by atoms with Gasteiger partial charge in [0.1, 0.15) is 0 Å². The van der Waals surface area contributed by atoms with Crippen molar-refractivity contribution in [2.75, 3.05) is 0 Å². The zero-order valence-electron chi connectivity index (χ0n) is 13.0. The van der Waals surface area contributed by atoms with E-state index in [1.54, 1.807) is 0 Å². The van der Waals surface area contributed by atoms with Gasteiger partial charge in [0.25, 0.3) is 5.91 Å². The number of nitrogens with zero attached hydrogens (tertiary/aromatic N) is 1. The summed E-state index contributed by atoms with van der Waals surface area (Å²) >= 11 is 3.50. The van der Waals surface area contributed by atoms with E-state index in [0.717, 1.165) is 22.6 Å². The van der Waals surface area contributed by atoms with Gasteiger partial charge >= 0.3 is 0 Å². The highest BCUT2D eigenvalue weighted by atomic mass is 127. The molecule has 1 saturated heterocycles. The van der Waals surface area contributed by atoms with E-state index in [1.807, 2.05) is 6.08 Å². The van der Waals surface area contributed by atoms with Crippen LogP contribution in [0.25, 0.3) is 11.8 Å². The minimum absolute atomic E-state index is 0.184. The maximum atomic E-state index is 11.8. The summed E-state index contributed by atoms with van der Waals surface area (Å²) in [6.07, 6.45) is 1.86. The molecule has 0 bridgehead atoms. The second-order valence-electron chi connectivity index (χ2n) is 5.49. The highest BCUT2D eigenvalue weighted by Gasteiger charge is 2.23. The lowest BCUT2D eigenvalue weighted by Crippen LogP contribution is -2.18. The van der Waals surface area contributed by atoms with Crippen molar-refractivity contribution < 1.29 is 4.79 Å². The number of hydrogen-bond acceptors (Lipinski definition) is 3. The van der Waals surface area contributed by atoms with Crippen LogP contribution in [0.4, 0.5) is 0 Å². The summed E-state index contributed by atoms with van der Waals surface area (Å²) in [7, 11) is 0. The first-order valence-corrected chi connectivity index (χ1v) is 9.01. The Kier molecular flexibility index (Phi) is 4.37. The van der Waals surface area contributed by atoms with E-state index in [1.165, 1.54) is 20.9 Å². The van der Waals surface area contributed by atoms with Crippen molar-refractivity contribution in [3.63, 3.8) is 0 Å². The molecule has 2 aromatic rings. The summed E-state index contributed by atoms with van der Waals surface area (Å²) in [4.78, 5) is 12.4. The predicted octanol–water partition coefficient (Wildman–Crippen LogP) is 4.15. The molecular formula is C17H16IN3OS. The maximum Gasteiger partial charge on any atom is 0.264 e. The van der Waals surface area contributed by atoms with Gasteiger partial charge in [-0.15, -0.1) is 0 Å². The Labute approximate surface area is 153 Å². The molecule has 118 valence electrons. The molecule has 0 spiro atoms. The molecule has 1 amide bonds. The first kappa shape index (κ1) is 16.3. The molecule has 1 fully saturated rings. The van der Waals surface area contributed by atoms with Gasteiger partial charge in [-0.3, -0.25) is 10.2 Å². The SMILES string of the molecule is Cc1cc(-n2c(C)cc(/C=C3/SC(=N)NC3=O)c2C)ccc1I. The summed E-state index contributed by atoms with van der Waals surface area (Å²) in [5.41, 5.74) is 5.58. The average molecular weight is 437 g/mol. The Hall–Kier alpha value is -1.54. The van der Waals surface area contributed by atoms with Crippen molar-refractivity contribution in [1.82, 2.24) is 9.88 Å². The zero-order valence-corrected chi connectivity index (χ0v) is 16.0. The Bertz CT molecular complexity index is 867. The first-order chi connectivity index (χ1) is 10.9. The molecule has 0 atom stereocenters. The highest BCUT2D eigenvalue weighted by molar-refractivity contribution is 14.1. The molecule has 3 rings (SSSR count). The molecule has 0 aliphatic carbocycles. The molecule has 2 N–H and O–H groups in total. The van der Waals surface area contributed by atoms with E-state index < -0.39 is 0 Å². The second kappa shape index (κ2) is 6.16. The molecule has 1 aliphatic rings. The summed E-state index contributed by atoms with van der Waals surface area (Å²) in [5, 5.41) is 10.2. The topological polar surface area (TPSA) is 57.9 Å². The summed E-state index contributed by atoms with van der Waals surface area (Å²) in [5.74, 6) is -0.199. The number of rotatable bonds is 2. The lowest BCUT2D eigenvalue weighted by molar-refractivity contribution is -0.115. The fourth-order valence-electron chi connectivity index (χ4n) is 2.68. The molecule has 6 heteroatoms. The Morgan fingerprint density at radius 1 is 1.26 bits per heavy atom. The zero-order chi connectivity index (χ0) is 16.7. The minimum atomic E-state index is -0.199. The van der Waals surface area contributed by atoms with Gasteiger partial charge in [0.05, 0.1) is 4.91 Å². The van der Waals surface area contributed by atoms with Gasteiger partial charge in [0.2, 0.25) is 0 Å². The number of carbonyl (C=O) groups is 1. The number of amides is 1. The van der Waals surface area contributed by atoms with Gasteiger partial charge in [-0.25, -0.2) is 0 Å². The quantitative estimate of drug-likeness (QED) is 0.548. The van der Waals surface area contributed by atoms with Crippen molar-refractivity contribution in [3.8, 4) is 5.69 Å². The van der Waals surface area contributed by atoms with E-state index in [-0.39, 0.29) is 11.1 Å². The van der Waals surface area contributed by atoms with Crippen LogP contribution in [0.5, 0.6) is 0 Å². The molecular weight excluding hydrogens is 421 g/mol. The van der Waals surface area contributed by atoms with Crippen molar-refractivity contribution in [2.45, 2.75) is 20.8 Å². The molecule has 2 heterocycles. The first-order valence-electron chi connectivity index (χ1n) is 7.11. The highest BCUT2D eigenvalue weighted by Crippen LogP contribution is 2.29. The van der Waals surface area contributed by atoms with E-state index in [9.17, 15) is 4.79 Å².